The highest BCUT2D eigenvalue weighted by atomic mass is 16.2. The summed E-state index contributed by atoms with van der Waals surface area (Å²) < 4.78 is 0. The van der Waals surface area contributed by atoms with Crippen molar-refractivity contribution in [3.8, 4) is 0 Å². The van der Waals surface area contributed by atoms with Crippen LogP contribution in [-0.4, -0.2) is 35.5 Å². The van der Waals surface area contributed by atoms with E-state index in [1.54, 1.807) is 6.08 Å². The molecule has 0 radical (unpaired) electrons. The Labute approximate surface area is 132 Å². The number of urea groups is 1. The topological polar surface area (TPSA) is 61.4 Å². The molecule has 0 aromatic heterocycles. The molecule has 0 unspecified atom stereocenters. The molecule has 0 spiro atoms. The zero-order valence-electron chi connectivity index (χ0n) is 13.6. The van der Waals surface area contributed by atoms with Crippen LogP contribution in [-0.2, 0) is 11.3 Å². The Morgan fingerprint density at radius 3 is 2.41 bits per heavy atom. The van der Waals surface area contributed by atoms with E-state index in [0.29, 0.717) is 13.1 Å². The van der Waals surface area contributed by atoms with Gasteiger partial charge in [0.15, 0.2) is 0 Å². The van der Waals surface area contributed by atoms with Crippen LogP contribution >= 0.6 is 0 Å². The largest absolute Gasteiger partial charge is 0.333 e. The molecule has 0 aliphatic carbocycles. The second kappa shape index (κ2) is 8.34. The van der Waals surface area contributed by atoms with E-state index in [0.717, 1.165) is 5.56 Å². The Hall–Kier alpha value is -2.14. The second-order valence-corrected chi connectivity index (χ2v) is 6.20. The van der Waals surface area contributed by atoms with Crippen LogP contribution < -0.4 is 10.6 Å². The zero-order valence-corrected chi connectivity index (χ0v) is 13.6. The van der Waals surface area contributed by atoms with Crippen LogP contribution in [0.15, 0.2) is 43.0 Å². The van der Waals surface area contributed by atoms with Crippen molar-refractivity contribution in [2.75, 3.05) is 13.1 Å². The van der Waals surface area contributed by atoms with Gasteiger partial charge in [-0.1, -0.05) is 36.4 Å². The van der Waals surface area contributed by atoms with Gasteiger partial charge < -0.3 is 5.32 Å². The van der Waals surface area contributed by atoms with Gasteiger partial charge in [-0.05, 0) is 26.3 Å². The van der Waals surface area contributed by atoms with Gasteiger partial charge in [-0.3, -0.25) is 15.0 Å². The first-order chi connectivity index (χ1) is 10.3. The number of imide groups is 1. The van der Waals surface area contributed by atoms with Crippen molar-refractivity contribution in [3.05, 3.63) is 48.6 Å². The molecule has 0 aliphatic heterocycles. The number of amides is 3. The minimum Gasteiger partial charge on any atom is -0.333 e. The lowest BCUT2D eigenvalue weighted by atomic mass is 10.1. The fourth-order valence-electron chi connectivity index (χ4n) is 1.95. The first-order valence-corrected chi connectivity index (χ1v) is 7.29. The number of nitrogens with one attached hydrogen (secondary N) is 2. The third-order valence-electron chi connectivity index (χ3n) is 2.74. The Bertz CT molecular complexity index is 506. The van der Waals surface area contributed by atoms with Crippen LogP contribution in [0.3, 0.4) is 0 Å². The van der Waals surface area contributed by atoms with Crippen LogP contribution in [0.1, 0.15) is 26.3 Å². The van der Waals surface area contributed by atoms with E-state index in [1.165, 1.54) is 0 Å². The van der Waals surface area contributed by atoms with Gasteiger partial charge in [-0.25, -0.2) is 4.79 Å². The summed E-state index contributed by atoms with van der Waals surface area (Å²) in [7, 11) is 0. The van der Waals surface area contributed by atoms with Crippen molar-refractivity contribution in [2.45, 2.75) is 32.9 Å². The lowest BCUT2D eigenvalue weighted by Crippen LogP contribution is -2.50. The Morgan fingerprint density at radius 1 is 1.23 bits per heavy atom. The van der Waals surface area contributed by atoms with E-state index in [4.69, 9.17) is 0 Å². The first-order valence-electron chi connectivity index (χ1n) is 7.29. The predicted octanol–water partition coefficient (Wildman–Crippen LogP) is 2.30. The Morgan fingerprint density at radius 2 is 1.86 bits per heavy atom. The molecule has 1 aromatic rings. The molecular weight excluding hydrogens is 278 g/mol. The summed E-state index contributed by atoms with van der Waals surface area (Å²) in [4.78, 5) is 25.6. The van der Waals surface area contributed by atoms with Crippen LogP contribution in [0, 0.1) is 0 Å². The average molecular weight is 303 g/mol. The normalized spacial score (nSPS) is 11.1. The number of rotatable bonds is 6. The summed E-state index contributed by atoms with van der Waals surface area (Å²) in [5.74, 6) is -0.334. The SMILES string of the molecule is C=CCN(CC(=O)NC(=O)NC(C)(C)C)Cc1ccccc1. The monoisotopic (exact) mass is 303 g/mol. The van der Waals surface area contributed by atoms with Crippen LogP contribution in [0.2, 0.25) is 0 Å². The average Bonchev–Trinajstić information content (AvgIpc) is 2.37. The van der Waals surface area contributed by atoms with Gasteiger partial charge in [0, 0.05) is 18.6 Å². The van der Waals surface area contributed by atoms with Crippen molar-refractivity contribution < 1.29 is 9.59 Å². The number of hydrogen-bond acceptors (Lipinski definition) is 3. The van der Waals surface area contributed by atoms with Gasteiger partial charge in [0.25, 0.3) is 0 Å². The molecule has 0 atom stereocenters. The van der Waals surface area contributed by atoms with E-state index < -0.39 is 6.03 Å². The molecule has 0 bridgehead atoms. The zero-order chi connectivity index (χ0) is 16.6. The predicted molar refractivity (Wildman–Crippen MR) is 88.3 cm³/mol. The summed E-state index contributed by atoms with van der Waals surface area (Å²) in [6.45, 7) is 10.6. The van der Waals surface area contributed by atoms with E-state index in [9.17, 15) is 9.59 Å². The molecule has 0 saturated carbocycles. The Kier molecular flexibility index (Phi) is 6.79. The summed E-state index contributed by atoms with van der Waals surface area (Å²) in [5, 5.41) is 5.04. The summed E-state index contributed by atoms with van der Waals surface area (Å²) in [6, 6.07) is 9.39. The van der Waals surface area contributed by atoms with Crippen molar-refractivity contribution >= 4 is 11.9 Å². The lowest BCUT2D eigenvalue weighted by molar-refractivity contribution is -0.121. The maximum Gasteiger partial charge on any atom is 0.321 e. The summed E-state index contributed by atoms with van der Waals surface area (Å²) >= 11 is 0. The molecule has 0 saturated heterocycles. The molecule has 1 aromatic carbocycles. The molecule has 120 valence electrons. The second-order valence-electron chi connectivity index (χ2n) is 6.20. The number of benzene rings is 1. The van der Waals surface area contributed by atoms with Gasteiger partial charge in [0.05, 0.1) is 6.54 Å². The van der Waals surface area contributed by atoms with Crippen molar-refractivity contribution in [1.29, 1.82) is 0 Å². The maximum atomic E-state index is 12.0. The third-order valence-corrected chi connectivity index (χ3v) is 2.74. The van der Waals surface area contributed by atoms with Gasteiger partial charge in [-0.2, -0.15) is 0 Å². The fourth-order valence-corrected chi connectivity index (χ4v) is 1.95. The van der Waals surface area contributed by atoms with Crippen LogP contribution in [0.25, 0.3) is 0 Å². The molecule has 5 nitrogen and oxygen atoms in total. The highest BCUT2D eigenvalue weighted by Crippen LogP contribution is 2.04. The van der Waals surface area contributed by atoms with E-state index in [1.807, 2.05) is 56.0 Å². The van der Waals surface area contributed by atoms with Crippen LogP contribution in [0.4, 0.5) is 4.79 Å². The van der Waals surface area contributed by atoms with Gasteiger partial charge >= 0.3 is 6.03 Å². The standard InChI is InChI=1S/C17H25N3O2/c1-5-11-20(12-14-9-7-6-8-10-14)13-15(21)18-16(22)19-17(2,3)4/h5-10H,1,11-13H2,2-4H3,(H2,18,19,21,22). The minimum atomic E-state index is -0.476. The van der Waals surface area contributed by atoms with Gasteiger partial charge in [0.1, 0.15) is 0 Å². The third kappa shape index (κ3) is 7.59. The fraction of sp³-hybridized carbons (Fsp3) is 0.412. The van der Waals surface area contributed by atoms with Gasteiger partial charge in [0.2, 0.25) is 5.91 Å². The summed E-state index contributed by atoms with van der Waals surface area (Å²) in [5.41, 5.74) is 0.728. The number of carbonyl (C=O) groups is 2. The van der Waals surface area contributed by atoms with Crippen molar-refractivity contribution in [3.63, 3.8) is 0 Å². The van der Waals surface area contributed by atoms with E-state index in [-0.39, 0.29) is 18.0 Å². The lowest BCUT2D eigenvalue weighted by Gasteiger charge is -2.22. The quantitative estimate of drug-likeness (QED) is 0.793. The van der Waals surface area contributed by atoms with E-state index in [2.05, 4.69) is 17.2 Å². The molecule has 1 rings (SSSR count). The maximum absolute atomic E-state index is 12.0. The first kappa shape index (κ1) is 17.9. The molecule has 22 heavy (non-hydrogen) atoms. The molecule has 0 heterocycles. The highest BCUT2D eigenvalue weighted by molar-refractivity contribution is 5.95. The number of nitrogens with zero attached hydrogens (tertiary/aromatic N) is 1. The van der Waals surface area contributed by atoms with Gasteiger partial charge in [-0.15, -0.1) is 6.58 Å². The molecule has 0 aliphatic rings. The molecule has 3 amide bonds. The minimum absolute atomic E-state index is 0.137. The smallest absolute Gasteiger partial charge is 0.321 e. The molecule has 2 N–H and O–H groups in total. The summed E-state index contributed by atoms with van der Waals surface area (Å²) in [6.07, 6.45) is 1.74. The Balaban J connectivity index is 2.53. The van der Waals surface area contributed by atoms with Crippen molar-refractivity contribution in [2.24, 2.45) is 0 Å². The molecular formula is C17H25N3O2. The van der Waals surface area contributed by atoms with Crippen LogP contribution in [0.5, 0.6) is 0 Å². The van der Waals surface area contributed by atoms with Crippen molar-refractivity contribution in [1.82, 2.24) is 15.5 Å². The highest BCUT2D eigenvalue weighted by Gasteiger charge is 2.17. The number of hydrogen-bond donors (Lipinski definition) is 2. The molecule has 5 heteroatoms. The van der Waals surface area contributed by atoms with E-state index >= 15 is 0 Å². The number of carbonyl (C=O) groups excluding carboxylic acids is 2. The molecule has 0 fully saturated rings.